The third-order valence-corrected chi connectivity index (χ3v) is 3.09. The molecule has 0 radical (unpaired) electrons. The molecule has 0 aliphatic heterocycles. The van der Waals surface area contributed by atoms with Crippen molar-refractivity contribution < 1.29 is 51.3 Å². The van der Waals surface area contributed by atoms with Gasteiger partial charge in [0.2, 0.25) is 0 Å². The molecule has 7 N–H and O–H groups in total. The fraction of sp³-hybridized carbons (Fsp3) is 1.00. The average molecular weight is 329 g/mol. The number of hydrogen-bond acceptors (Lipinski definition) is 10. The first-order valence-electron chi connectivity index (χ1n) is 4.30. The summed E-state index contributed by atoms with van der Waals surface area (Å²) in [5.74, 6) is 0. The predicted molar refractivity (Wildman–Crippen MR) is 58.3 cm³/mol. The van der Waals surface area contributed by atoms with Gasteiger partial charge in [0.1, 0.15) is 0 Å². The summed E-state index contributed by atoms with van der Waals surface area (Å²) in [5.41, 5.74) is 3.94. The van der Waals surface area contributed by atoms with Crippen LogP contribution < -0.4 is 5.73 Å². The zero-order valence-corrected chi connectivity index (χ0v) is 11.5. The Morgan fingerprint density at radius 3 is 1.68 bits per heavy atom. The molecule has 0 atom stereocenters. The largest absolute Gasteiger partial charge is 0.486 e. The monoisotopic (exact) mass is 329 g/mol. The standard InChI is InChI=1S/C4H11NO3.CH5O8PS/c5-4(1-6,2-7)3-8;1-7-8-11(5,6)9-10(2,3)4/h6-8H,1-3,5H2;1H3,(H2,2,3,4). The van der Waals surface area contributed by atoms with Crippen molar-refractivity contribution in [2.75, 3.05) is 26.9 Å². The van der Waals surface area contributed by atoms with Gasteiger partial charge in [0, 0.05) is 0 Å². The summed E-state index contributed by atoms with van der Waals surface area (Å²) in [6, 6.07) is 0. The lowest BCUT2D eigenvalue weighted by Gasteiger charge is -2.20. The molecule has 0 aliphatic rings. The molecule has 0 heterocycles. The van der Waals surface area contributed by atoms with E-state index in [2.05, 4.69) is 13.2 Å². The van der Waals surface area contributed by atoms with E-state index in [-0.39, 0.29) is 0 Å². The van der Waals surface area contributed by atoms with Crippen molar-refractivity contribution in [3.8, 4) is 0 Å². The summed E-state index contributed by atoms with van der Waals surface area (Å²) in [5, 5.41) is 25.0. The lowest BCUT2D eigenvalue weighted by atomic mass is 10.1. The molecule has 0 aromatic rings. The fourth-order valence-electron chi connectivity index (χ4n) is 0.365. The second kappa shape index (κ2) is 8.89. The number of phosphoric acid groups is 1. The molecule has 14 heteroatoms. The Bertz CT molecular complexity index is 364. The minimum Gasteiger partial charge on any atom is -0.394 e. The van der Waals surface area contributed by atoms with Gasteiger partial charge in [-0.1, -0.05) is 4.33 Å². The first kappa shape index (κ1) is 21.1. The van der Waals surface area contributed by atoms with Crippen molar-refractivity contribution >= 4 is 18.2 Å². The molecule has 0 aromatic heterocycles. The summed E-state index contributed by atoms with van der Waals surface area (Å²) in [6.07, 6.45) is 0. The Balaban J connectivity index is 0. The third-order valence-electron chi connectivity index (χ3n) is 1.28. The molecule has 118 valence electrons. The zero-order valence-electron chi connectivity index (χ0n) is 9.74. The van der Waals surface area contributed by atoms with Crippen LogP contribution in [0.2, 0.25) is 0 Å². The van der Waals surface area contributed by atoms with Crippen molar-refractivity contribution in [3.63, 3.8) is 0 Å². The van der Waals surface area contributed by atoms with Crippen molar-refractivity contribution in [1.82, 2.24) is 0 Å². The van der Waals surface area contributed by atoms with Gasteiger partial charge >= 0.3 is 18.2 Å². The summed E-state index contributed by atoms with van der Waals surface area (Å²) in [6.45, 7) is -1.21. The quantitative estimate of drug-likeness (QED) is 0.153. The van der Waals surface area contributed by atoms with Crippen LogP contribution in [-0.2, 0) is 28.2 Å². The minimum atomic E-state index is -5.11. The van der Waals surface area contributed by atoms with E-state index < -0.39 is 43.6 Å². The normalized spacial score (nSPS) is 12.8. The number of aliphatic hydroxyl groups is 3. The molecular formula is C5H16NO11PS. The van der Waals surface area contributed by atoms with Gasteiger partial charge in [0.25, 0.3) is 0 Å². The highest BCUT2D eigenvalue weighted by Crippen LogP contribution is 2.38. The van der Waals surface area contributed by atoms with Gasteiger partial charge in [-0.15, -0.1) is 3.97 Å². The molecule has 0 unspecified atom stereocenters. The maximum absolute atomic E-state index is 10.2. The molecule has 0 rings (SSSR count). The van der Waals surface area contributed by atoms with E-state index >= 15 is 0 Å². The van der Waals surface area contributed by atoms with Gasteiger partial charge in [-0.05, 0) is 0 Å². The van der Waals surface area contributed by atoms with E-state index in [0.717, 1.165) is 7.11 Å². The molecule has 0 saturated heterocycles. The predicted octanol–water partition coefficient (Wildman–Crippen LogP) is -3.42. The smallest absolute Gasteiger partial charge is 0.394 e. The van der Waals surface area contributed by atoms with Crippen LogP contribution in [0.25, 0.3) is 0 Å². The van der Waals surface area contributed by atoms with Crippen LogP contribution in [-0.4, -0.2) is 66.0 Å². The maximum atomic E-state index is 10.2. The molecule has 12 nitrogen and oxygen atoms in total. The Morgan fingerprint density at radius 2 is 1.53 bits per heavy atom. The van der Waals surface area contributed by atoms with Gasteiger partial charge in [0.05, 0.1) is 32.5 Å². The van der Waals surface area contributed by atoms with Crippen molar-refractivity contribution in [3.05, 3.63) is 0 Å². The lowest BCUT2D eigenvalue weighted by molar-refractivity contribution is -0.178. The minimum absolute atomic E-state index is 0.403. The van der Waals surface area contributed by atoms with E-state index in [1.54, 1.807) is 0 Å². The first-order valence-corrected chi connectivity index (χ1v) is 7.17. The van der Waals surface area contributed by atoms with E-state index in [0.29, 0.717) is 0 Å². The lowest BCUT2D eigenvalue weighted by Crippen LogP contribution is -2.50. The van der Waals surface area contributed by atoms with E-state index in [9.17, 15) is 13.0 Å². The molecular weight excluding hydrogens is 313 g/mol. The number of rotatable bonds is 7. The van der Waals surface area contributed by atoms with Gasteiger partial charge in [-0.25, -0.2) is 9.45 Å². The number of aliphatic hydroxyl groups excluding tert-OH is 3. The van der Waals surface area contributed by atoms with Crippen molar-refractivity contribution in [2.45, 2.75) is 5.54 Å². The highest BCUT2D eigenvalue weighted by atomic mass is 32.3. The molecule has 0 fully saturated rings. The highest BCUT2D eigenvalue weighted by molar-refractivity contribution is 7.86. The molecule has 0 bridgehead atoms. The molecule has 0 spiro atoms. The molecule has 0 aliphatic carbocycles. The van der Waals surface area contributed by atoms with Crippen LogP contribution in [0.1, 0.15) is 0 Å². The number of nitrogens with two attached hydrogens (primary N) is 1. The Hall–Kier alpha value is -0.180. The van der Waals surface area contributed by atoms with Crippen LogP contribution in [0.4, 0.5) is 0 Å². The SMILES string of the molecule is COOS(=O)(=O)OP(=O)(O)O.NC(CO)(CO)CO. The van der Waals surface area contributed by atoms with Gasteiger partial charge in [0.15, 0.2) is 0 Å². The van der Waals surface area contributed by atoms with Crippen LogP contribution in [0, 0.1) is 0 Å². The fourth-order valence-corrected chi connectivity index (χ4v) is 1.58. The summed E-state index contributed by atoms with van der Waals surface area (Å²) < 4.78 is 36.8. The van der Waals surface area contributed by atoms with Crippen LogP contribution in [0.5, 0.6) is 0 Å². The van der Waals surface area contributed by atoms with Crippen molar-refractivity contribution in [1.29, 1.82) is 0 Å². The number of hydrogen-bond donors (Lipinski definition) is 6. The average Bonchev–Trinajstić information content (AvgIpc) is 2.25. The highest BCUT2D eigenvalue weighted by Gasteiger charge is 2.27. The summed E-state index contributed by atoms with van der Waals surface area (Å²) >= 11 is 0. The maximum Gasteiger partial charge on any atom is 0.486 e. The Morgan fingerprint density at radius 1 is 1.16 bits per heavy atom. The van der Waals surface area contributed by atoms with Crippen molar-refractivity contribution in [2.24, 2.45) is 5.73 Å². The van der Waals surface area contributed by atoms with E-state index in [1.165, 1.54) is 0 Å². The molecule has 0 amide bonds. The third kappa shape index (κ3) is 12.6. The van der Waals surface area contributed by atoms with Crippen LogP contribution in [0.3, 0.4) is 0 Å². The van der Waals surface area contributed by atoms with E-state index in [4.69, 9.17) is 30.8 Å². The summed E-state index contributed by atoms with van der Waals surface area (Å²) in [7, 11) is -9.05. The first-order chi connectivity index (χ1) is 8.45. The molecule has 0 aromatic carbocycles. The van der Waals surface area contributed by atoms with Gasteiger partial charge in [-0.2, -0.15) is 8.42 Å². The molecule has 19 heavy (non-hydrogen) atoms. The van der Waals surface area contributed by atoms with Crippen LogP contribution >= 0.6 is 7.82 Å². The van der Waals surface area contributed by atoms with E-state index in [1.807, 2.05) is 0 Å². The Labute approximate surface area is 108 Å². The topological polar surface area (TPSA) is 206 Å². The van der Waals surface area contributed by atoms with Crippen LogP contribution in [0.15, 0.2) is 0 Å². The summed E-state index contributed by atoms with van der Waals surface area (Å²) in [4.78, 5) is 19.5. The molecule has 0 saturated carbocycles. The second-order valence-electron chi connectivity index (χ2n) is 3.04. The second-order valence-corrected chi connectivity index (χ2v) is 5.57. The zero-order chi connectivity index (χ0) is 15.7. The van der Waals surface area contributed by atoms with Gasteiger partial charge < -0.3 is 30.8 Å². The Kier molecular flexibility index (Phi) is 9.88. The van der Waals surface area contributed by atoms with Gasteiger partial charge in [-0.3, -0.25) is 0 Å².